The first-order valence-electron chi connectivity index (χ1n) is 5.98. The molecule has 1 aliphatic rings. The lowest BCUT2D eigenvalue weighted by molar-refractivity contribution is 0.326. The Morgan fingerprint density at radius 3 is 3.00 bits per heavy atom. The second-order valence-electron chi connectivity index (χ2n) is 4.32. The van der Waals surface area contributed by atoms with Crippen molar-refractivity contribution in [3.8, 4) is 5.88 Å². The van der Waals surface area contributed by atoms with Crippen LogP contribution in [0.25, 0.3) is 0 Å². The molecule has 0 saturated carbocycles. The van der Waals surface area contributed by atoms with Crippen molar-refractivity contribution in [2.45, 2.75) is 13.3 Å². The molecule has 0 spiro atoms. The highest BCUT2D eigenvalue weighted by molar-refractivity contribution is 7.91. The van der Waals surface area contributed by atoms with Crippen LogP contribution in [0, 0.1) is 5.92 Å². The molecule has 1 aromatic heterocycles. The average Bonchev–Trinajstić information content (AvgIpc) is 2.68. The fourth-order valence-corrected chi connectivity index (χ4v) is 3.81. The lowest BCUT2D eigenvalue weighted by Crippen LogP contribution is -2.16. The van der Waals surface area contributed by atoms with E-state index >= 15 is 0 Å². The van der Waals surface area contributed by atoms with Crippen molar-refractivity contribution in [3.05, 3.63) is 12.4 Å². The smallest absolute Gasteiger partial charge is 0.218 e. The van der Waals surface area contributed by atoms with Gasteiger partial charge in [-0.1, -0.05) is 0 Å². The van der Waals surface area contributed by atoms with Crippen LogP contribution in [0.1, 0.15) is 13.3 Å². The minimum atomic E-state index is -2.81. The summed E-state index contributed by atoms with van der Waals surface area (Å²) in [5, 5.41) is 3.13. The van der Waals surface area contributed by atoms with Gasteiger partial charge in [0.15, 0.2) is 9.84 Å². The second kappa shape index (κ2) is 5.51. The van der Waals surface area contributed by atoms with Crippen molar-refractivity contribution in [1.82, 2.24) is 9.97 Å². The topological polar surface area (TPSA) is 81.2 Å². The van der Waals surface area contributed by atoms with Gasteiger partial charge in [0, 0.05) is 12.6 Å². The molecule has 1 aliphatic heterocycles. The normalized spacial score (nSPS) is 21.7. The molecule has 100 valence electrons. The summed E-state index contributed by atoms with van der Waals surface area (Å²) >= 11 is 0. The van der Waals surface area contributed by atoms with Gasteiger partial charge in [0.05, 0.1) is 18.1 Å². The molecule has 0 radical (unpaired) electrons. The number of nitrogens with one attached hydrogen (secondary N) is 1. The lowest BCUT2D eigenvalue weighted by Gasteiger charge is -2.10. The number of aromatic nitrogens is 2. The molecule has 0 aromatic carbocycles. The zero-order valence-electron chi connectivity index (χ0n) is 10.3. The minimum Gasteiger partial charge on any atom is -0.478 e. The lowest BCUT2D eigenvalue weighted by atomic mass is 10.1. The van der Waals surface area contributed by atoms with Gasteiger partial charge in [-0.2, -0.15) is 0 Å². The van der Waals surface area contributed by atoms with E-state index in [0.29, 0.717) is 30.6 Å². The molecule has 1 N–H and O–H groups in total. The van der Waals surface area contributed by atoms with Crippen LogP contribution in [-0.4, -0.2) is 43.0 Å². The van der Waals surface area contributed by atoms with Crippen molar-refractivity contribution in [2.75, 3.05) is 30.0 Å². The summed E-state index contributed by atoms with van der Waals surface area (Å²) in [6, 6.07) is 1.72. The number of hydrogen-bond donors (Lipinski definition) is 1. The minimum absolute atomic E-state index is 0.167. The van der Waals surface area contributed by atoms with Crippen LogP contribution in [0.5, 0.6) is 5.88 Å². The standard InChI is InChI=1S/C11H17N3O3S/c1-2-17-11-5-10(13-8-14-11)12-6-9-3-4-18(15,16)7-9/h5,8-9H,2-4,6-7H2,1H3,(H,12,13,14). The van der Waals surface area contributed by atoms with Crippen LogP contribution in [0.3, 0.4) is 0 Å². The fourth-order valence-electron chi connectivity index (χ4n) is 1.94. The Balaban J connectivity index is 1.88. The Morgan fingerprint density at radius 2 is 2.33 bits per heavy atom. The quantitative estimate of drug-likeness (QED) is 0.850. The molecule has 1 saturated heterocycles. The van der Waals surface area contributed by atoms with Gasteiger partial charge in [-0.25, -0.2) is 18.4 Å². The maximum atomic E-state index is 11.3. The summed E-state index contributed by atoms with van der Waals surface area (Å²) < 4.78 is 27.9. The van der Waals surface area contributed by atoms with Gasteiger partial charge in [-0.05, 0) is 19.3 Å². The van der Waals surface area contributed by atoms with E-state index in [0.717, 1.165) is 6.42 Å². The SMILES string of the molecule is CCOc1cc(NCC2CCS(=O)(=O)C2)ncn1. The van der Waals surface area contributed by atoms with Crippen LogP contribution >= 0.6 is 0 Å². The second-order valence-corrected chi connectivity index (χ2v) is 6.55. The third-order valence-electron chi connectivity index (χ3n) is 2.83. The Kier molecular flexibility index (Phi) is 4.00. The third kappa shape index (κ3) is 3.56. The average molecular weight is 271 g/mol. The van der Waals surface area contributed by atoms with E-state index in [2.05, 4.69) is 15.3 Å². The Hall–Kier alpha value is -1.37. The number of ether oxygens (including phenoxy) is 1. The monoisotopic (exact) mass is 271 g/mol. The number of anilines is 1. The van der Waals surface area contributed by atoms with Crippen molar-refractivity contribution in [1.29, 1.82) is 0 Å². The maximum Gasteiger partial charge on any atom is 0.218 e. The predicted molar refractivity (Wildman–Crippen MR) is 68.5 cm³/mol. The highest BCUT2D eigenvalue weighted by atomic mass is 32.2. The van der Waals surface area contributed by atoms with E-state index in [1.165, 1.54) is 6.33 Å². The summed E-state index contributed by atoms with van der Waals surface area (Å²) in [6.07, 6.45) is 2.15. The van der Waals surface area contributed by atoms with Gasteiger partial charge in [-0.15, -0.1) is 0 Å². The summed E-state index contributed by atoms with van der Waals surface area (Å²) in [5.74, 6) is 1.92. The van der Waals surface area contributed by atoms with Crippen LogP contribution in [-0.2, 0) is 9.84 Å². The summed E-state index contributed by atoms with van der Waals surface area (Å²) in [4.78, 5) is 8.03. The zero-order valence-corrected chi connectivity index (χ0v) is 11.1. The van der Waals surface area contributed by atoms with Gasteiger partial charge < -0.3 is 10.1 Å². The van der Waals surface area contributed by atoms with E-state index in [4.69, 9.17) is 4.74 Å². The van der Waals surface area contributed by atoms with E-state index in [9.17, 15) is 8.42 Å². The molecule has 2 heterocycles. The van der Waals surface area contributed by atoms with Crippen molar-refractivity contribution < 1.29 is 13.2 Å². The largest absolute Gasteiger partial charge is 0.478 e. The first-order valence-corrected chi connectivity index (χ1v) is 7.80. The molecule has 0 bridgehead atoms. The molecule has 1 fully saturated rings. The first kappa shape index (κ1) is 13.1. The number of rotatable bonds is 5. The highest BCUT2D eigenvalue weighted by Crippen LogP contribution is 2.19. The van der Waals surface area contributed by atoms with E-state index in [-0.39, 0.29) is 11.7 Å². The van der Waals surface area contributed by atoms with Crippen LogP contribution in [0.4, 0.5) is 5.82 Å². The van der Waals surface area contributed by atoms with Crippen LogP contribution in [0.2, 0.25) is 0 Å². The van der Waals surface area contributed by atoms with Gasteiger partial charge in [0.2, 0.25) is 5.88 Å². The Bertz CT molecular complexity index is 504. The van der Waals surface area contributed by atoms with E-state index < -0.39 is 9.84 Å². The summed E-state index contributed by atoms with van der Waals surface area (Å²) in [5.41, 5.74) is 0. The zero-order chi connectivity index (χ0) is 13.0. The molecule has 1 aromatic rings. The van der Waals surface area contributed by atoms with Crippen molar-refractivity contribution >= 4 is 15.7 Å². The van der Waals surface area contributed by atoms with Gasteiger partial charge >= 0.3 is 0 Å². The molecule has 2 rings (SSSR count). The molecule has 6 nitrogen and oxygen atoms in total. The van der Waals surface area contributed by atoms with Crippen LogP contribution < -0.4 is 10.1 Å². The van der Waals surface area contributed by atoms with Gasteiger partial charge in [0.1, 0.15) is 12.1 Å². The highest BCUT2D eigenvalue weighted by Gasteiger charge is 2.27. The number of sulfone groups is 1. The summed E-state index contributed by atoms with van der Waals surface area (Å²) in [7, 11) is -2.81. The molecular formula is C11H17N3O3S. The predicted octanol–water partition coefficient (Wildman–Crippen LogP) is 0.722. The molecule has 0 amide bonds. The molecule has 0 aliphatic carbocycles. The molecule has 1 atom stereocenters. The third-order valence-corrected chi connectivity index (χ3v) is 4.67. The van der Waals surface area contributed by atoms with Crippen LogP contribution in [0.15, 0.2) is 12.4 Å². The number of nitrogens with zero attached hydrogens (tertiary/aromatic N) is 2. The molecule has 18 heavy (non-hydrogen) atoms. The molecular weight excluding hydrogens is 254 g/mol. The molecule has 1 unspecified atom stereocenters. The van der Waals surface area contributed by atoms with Crippen molar-refractivity contribution in [2.24, 2.45) is 5.92 Å². The van der Waals surface area contributed by atoms with E-state index in [1.807, 2.05) is 6.92 Å². The maximum absolute atomic E-state index is 11.3. The van der Waals surface area contributed by atoms with E-state index in [1.54, 1.807) is 6.07 Å². The summed E-state index contributed by atoms with van der Waals surface area (Å²) in [6.45, 7) is 3.05. The first-order chi connectivity index (χ1) is 8.59. The van der Waals surface area contributed by atoms with Gasteiger partial charge in [0.25, 0.3) is 0 Å². The fraction of sp³-hybridized carbons (Fsp3) is 0.636. The number of hydrogen-bond acceptors (Lipinski definition) is 6. The molecule has 7 heteroatoms. The van der Waals surface area contributed by atoms with Crippen molar-refractivity contribution in [3.63, 3.8) is 0 Å². The Labute approximate surface area is 107 Å². The van der Waals surface area contributed by atoms with Gasteiger partial charge in [-0.3, -0.25) is 0 Å². The Morgan fingerprint density at radius 1 is 1.50 bits per heavy atom.